The first kappa shape index (κ1) is 23.1. The maximum atomic E-state index is 12.8. The summed E-state index contributed by atoms with van der Waals surface area (Å²) in [6.45, 7) is 6.14. The van der Waals surface area contributed by atoms with E-state index in [2.05, 4.69) is 22.4 Å². The van der Waals surface area contributed by atoms with E-state index in [1.165, 1.54) is 17.3 Å². The molecule has 33 heavy (non-hydrogen) atoms. The number of benzene rings is 3. The molecule has 1 N–H and O–H groups in total. The largest absolute Gasteiger partial charge is 0.325 e. The maximum Gasteiger partial charge on any atom is 0.234 e. The Morgan fingerprint density at radius 2 is 1.73 bits per heavy atom. The Balaban J connectivity index is 1.61. The van der Waals surface area contributed by atoms with Gasteiger partial charge in [-0.1, -0.05) is 66.2 Å². The van der Waals surface area contributed by atoms with Crippen LogP contribution < -0.4 is 5.32 Å². The second kappa shape index (κ2) is 10.2. The van der Waals surface area contributed by atoms with Crippen molar-refractivity contribution in [2.45, 2.75) is 32.3 Å². The lowest BCUT2D eigenvalue weighted by Gasteiger charge is -2.13. The number of amides is 1. The minimum atomic E-state index is -0.0736. The van der Waals surface area contributed by atoms with Crippen LogP contribution in [0.5, 0.6) is 0 Å². The molecule has 7 heteroatoms. The summed E-state index contributed by atoms with van der Waals surface area (Å²) in [7, 11) is 0. The number of carbonyl (C=O) groups excluding carboxylic acids is 1. The quantitative estimate of drug-likeness (QED) is 0.309. The van der Waals surface area contributed by atoms with Gasteiger partial charge in [-0.2, -0.15) is 0 Å². The average Bonchev–Trinajstić information content (AvgIpc) is 3.24. The van der Waals surface area contributed by atoms with Crippen LogP contribution in [0, 0.1) is 13.8 Å². The first-order valence-electron chi connectivity index (χ1n) is 10.8. The number of hydrogen-bond donors (Lipinski definition) is 1. The molecule has 4 aromatic rings. The third-order valence-corrected chi connectivity index (χ3v) is 6.55. The van der Waals surface area contributed by atoms with Gasteiger partial charge in [0.15, 0.2) is 11.0 Å². The van der Waals surface area contributed by atoms with E-state index < -0.39 is 0 Å². The fourth-order valence-corrected chi connectivity index (χ4v) is 4.46. The molecule has 0 unspecified atom stereocenters. The van der Waals surface area contributed by atoms with Crippen LogP contribution in [-0.2, 0) is 11.2 Å². The van der Waals surface area contributed by atoms with Crippen molar-refractivity contribution in [1.29, 1.82) is 0 Å². The van der Waals surface area contributed by atoms with Gasteiger partial charge in [-0.3, -0.25) is 9.36 Å². The normalized spacial score (nSPS) is 10.9. The molecule has 0 aliphatic heterocycles. The molecular weight excluding hydrogens is 452 g/mol. The molecule has 1 heterocycles. The maximum absolute atomic E-state index is 12.8. The lowest BCUT2D eigenvalue weighted by Crippen LogP contribution is -2.16. The molecule has 0 saturated carbocycles. The van der Waals surface area contributed by atoms with E-state index in [1.54, 1.807) is 0 Å². The number of carbonyl (C=O) groups is 1. The molecule has 0 aliphatic rings. The van der Waals surface area contributed by atoms with Crippen LogP contribution in [0.25, 0.3) is 17.1 Å². The number of halogens is 1. The Morgan fingerprint density at radius 1 is 1.00 bits per heavy atom. The number of nitrogens with one attached hydrogen (secondary N) is 1. The summed E-state index contributed by atoms with van der Waals surface area (Å²) in [5, 5.41) is 13.2. The SMILES string of the molecule is CCc1cccc(C)c1NC(=O)CSc1nnc(-c2ccc(Cl)cc2)n1-c1ccc(C)cc1. The van der Waals surface area contributed by atoms with Gasteiger partial charge in [0.2, 0.25) is 5.91 Å². The summed E-state index contributed by atoms with van der Waals surface area (Å²) < 4.78 is 1.98. The number of rotatable bonds is 7. The first-order valence-corrected chi connectivity index (χ1v) is 12.1. The molecule has 1 amide bonds. The number of thioether (sulfide) groups is 1. The van der Waals surface area contributed by atoms with Crippen molar-refractivity contribution in [3.8, 4) is 17.1 Å². The van der Waals surface area contributed by atoms with Gasteiger partial charge in [0, 0.05) is 22.0 Å². The molecule has 3 aromatic carbocycles. The highest BCUT2D eigenvalue weighted by Gasteiger charge is 2.18. The number of aromatic nitrogens is 3. The number of hydrogen-bond acceptors (Lipinski definition) is 4. The lowest BCUT2D eigenvalue weighted by molar-refractivity contribution is -0.113. The number of anilines is 1. The molecule has 4 rings (SSSR count). The molecule has 5 nitrogen and oxygen atoms in total. The van der Waals surface area contributed by atoms with Crippen LogP contribution >= 0.6 is 23.4 Å². The third kappa shape index (κ3) is 5.29. The summed E-state index contributed by atoms with van der Waals surface area (Å²) >= 11 is 7.43. The number of para-hydroxylation sites is 1. The van der Waals surface area contributed by atoms with E-state index in [-0.39, 0.29) is 11.7 Å². The van der Waals surface area contributed by atoms with Gasteiger partial charge in [-0.15, -0.1) is 10.2 Å². The highest BCUT2D eigenvalue weighted by atomic mass is 35.5. The molecule has 0 saturated heterocycles. The van der Waals surface area contributed by atoms with Gasteiger partial charge < -0.3 is 5.32 Å². The first-order chi connectivity index (χ1) is 16.0. The number of aryl methyl sites for hydroxylation is 3. The minimum Gasteiger partial charge on any atom is -0.325 e. The van der Waals surface area contributed by atoms with Gasteiger partial charge in [0.25, 0.3) is 0 Å². The average molecular weight is 477 g/mol. The molecule has 0 radical (unpaired) electrons. The standard InChI is InChI=1S/C26H25ClN4OS/c1-4-19-7-5-6-18(3)24(19)28-23(32)16-33-26-30-29-25(20-10-12-21(27)13-11-20)31(26)22-14-8-17(2)9-15-22/h5-15H,4,16H2,1-3H3,(H,28,32). The van der Waals surface area contributed by atoms with E-state index in [0.717, 1.165) is 34.5 Å². The Bertz CT molecular complexity index is 1270. The molecule has 0 bridgehead atoms. The topological polar surface area (TPSA) is 59.8 Å². The molecule has 168 valence electrons. The monoisotopic (exact) mass is 476 g/mol. The van der Waals surface area contributed by atoms with Crippen LogP contribution in [0.15, 0.2) is 71.9 Å². The van der Waals surface area contributed by atoms with E-state index in [1.807, 2.05) is 85.1 Å². The van der Waals surface area contributed by atoms with Gasteiger partial charge in [-0.05, 0) is 67.8 Å². The summed E-state index contributed by atoms with van der Waals surface area (Å²) in [5.41, 5.74) is 6.08. The zero-order valence-corrected chi connectivity index (χ0v) is 20.4. The molecule has 0 atom stereocenters. The second-order valence-electron chi connectivity index (χ2n) is 7.78. The van der Waals surface area contributed by atoms with Crippen molar-refractivity contribution < 1.29 is 4.79 Å². The van der Waals surface area contributed by atoms with E-state index in [9.17, 15) is 4.79 Å². The zero-order chi connectivity index (χ0) is 23.4. The summed E-state index contributed by atoms with van der Waals surface area (Å²) in [6.07, 6.45) is 0.858. The number of nitrogens with zero attached hydrogens (tertiary/aromatic N) is 3. The van der Waals surface area contributed by atoms with Gasteiger partial charge >= 0.3 is 0 Å². The van der Waals surface area contributed by atoms with Crippen LogP contribution in [0.4, 0.5) is 5.69 Å². The summed E-state index contributed by atoms with van der Waals surface area (Å²) in [4.78, 5) is 12.8. The minimum absolute atomic E-state index is 0.0736. The summed E-state index contributed by atoms with van der Waals surface area (Å²) in [5.74, 6) is 0.850. The zero-order valence-electron chi connectivity index (χ0n) is 18.8. The van der Waals surface area contributed by atoms with E-state index in [4.69, 9.17) is 11.6 Å². The molecule has 0 spiro atoms. The van der Waals surface area contributed by atoms with Crippen molar-refractivity contribution in [1.82, 2.24) is 14.8 Å². The third-order valence-electron chi connectivity index (χ3n) is 5.36. The molecule has 0 fully saturated rings. The van der Waals surface area contributed by atoms with Gasteiger partial charge in [-0.25, -0.2) is 0 Å². The predicted molar refractivity (Wildman–Crippen MR) is 136 cm³/mol. The van der Waals surface area contributed by atoms with E-state index >= 15 is 0 Å². The highest BCUT2D eigenvalue weighted by Crippen LogP contribution is 2.29. The molecule has 0 aliphatic carbocycles. The Kier molecular flexibility index (Phi) is 7.16. The van der Waals surface area contributed by atoms with Crippen molar-refractivity contribution >= 4 is 35.0 Å². The lowest BCUT2D eigenvalue weighted by atomic mass is 10.1. The smallest absolute Gasteiger partial charge is 0.234 e. The molecule has 1 aromatic heterocycles. The predicted octanol–water partition coefficient (Wildman–Crippen LogP) is 6.50. The Labute approximate surface area is 203 Å². The molecular formula is C26H25ClN4OS. The Morgan fingerprint density at radius 3 is 2.42 bits per heavy atom. The van der Waals surface area contributed by atoms with Crippen LogP contribution in [0.1, 0.15) is 23.6 Å². The van der Waals surface area contributed by atoms with E-state index in [0.29, 0.717) is 16.0 Å². The fraction of sp³-hybridized carbons (Fsp3) is 0.192. The van der Waals surface area contributed by atoms with Gasteiger partial charge in [0.1, 0.15) is 0 Å². The second-order valence-corrected chi connectivity index (χ2v) is 9.16. The summed E-state index contributed by atoms with van der Waals surface area (Å²) in [6, 6.07) is 21.7. The fourth-order valence-electron chi connectivity index (χ4n) is 3.58. The van der Waals surface area contributed by atoms with Crippen molar-refractivity contribution in [3.05, 3.63) is 88.4 Å². The highest BCUT2D eigenvalue weighted by molar-refractivity contribution is 7.99. The van der Waals surface area contributed by atoms with Crippen LogP contribution in [-0.4, -0.2) is 26.4 Å². The van der Waals surface area contributed by atoms with Crippen LogP contribution in [0.3, 0.4) is 0 Å². The van der Waals surface area contributed by atoms with Crippen molar-refractivity contribution in [2.75, 3.05) is 11.1 Å². The van der Waals surface area contributed by atoms with Crippen molar-refractivity contribution in [3.63, 3.8) is 0 Å². The van der Waals surface area contributed by atoms with Gasteiger partial charge in [0.05, 0.1) is 5.75 Å². The Hall–Kier alpha value is -3.09. The van der Waals surface area contributed by atoms with Crippen LogP contribution in [0.2, 0.25) is 5.02 Å². The van der Waals surface area contributed by atoms with Crippen molar-refractivity contribution in [2.24, 2.45) is 0 Å².